The van der Waals surface area contributed by atoms with Gasteiger partial charge in [0.25, 0.3) is 0 Å². The molecule has 0 saturated heterocycles. The van der Waals surface area contributed by atoms with Crippen molar-refractivity contribution in [1.29, 1.82) is 0 Å². The second-order valence-corrected chi connectivity index (χ2v) is 12.8. The number of carbonyl (C=O) groups is 1. The largest absolute Gasteiger partial charge is 0.444 e. The van der Waals surface area contributed by atoms with Gasteiger partial charge in [0.1, 0.15) is 11.4 Å². The molecule has 0 aliphatic rings. The molecule has 0 aliphatic heterocycles. The monoisotopic (exact) mass is 610 g/mol. The molecule has 7 aromatic rings. The summed E-state index contributed by atoms with van der Waals surface area (Å²) in [6, 6.07) is 30.9. The Balaban J connectivity index is 1.30. The number of alkyl carbamates (subject to hydrolysis) is 1. The predicted molar refractivity (Wildman–Crippen MR) is 183 cm³/mol. The standard InChI is InChI=1S/C38H38N6O2/c1-38(2,3)46-37(45)41-34(21-28-23-40-33-18-9-7-16-31(28)33)36-43-42-35(20-19-26-22-39-32-17-8-6-15-30(26)32)44(36)24-27-13-10-12-25-11-4-5-14-29(25)27/h4-18,22-23,34,39-40H,19-21,24H2,1-3H3,(H,41,45). The number of ether oxygens (including phenoxy) is 1. The fourth-order valence-electron chi connectivity index (χ4n) is 6.33. The van der Waals surface area contributed by atoms with Crippen LogP contribution in [-0.2, 0) is 30.5 Å². The molecular weight excluding hydrogens is 572 g/mol. The minimum absolute atomic E-state index is 0.488. The number of aromatic nitrogens is 5. The minimum atomic E-state index is -0.642. The Labute approximate surface area is 267 Å². The van der Waals surface area contributed by atoms with Crippen molar-refractivity contribution in [1.82, 2.24) is 30.0 Å². The highest BCUT2D eigenvalue weighted by molar-refractivity contribution is 5.86. The van der Waals surface area contributed by atoms with E-state index in [0.717, 1.165) is 39.8 Å². The van der Waals surface area contributed by atoms with E-state index in [0.29, 0.717) is 25.2 Å². The highest BCUT2D eigenvalue weighted by Crippen LogP contribution is 2.28. The van der Waals surface area contributed by atoms with Gasteiger partial charge in [-0.05, 0) is 66.8 Å². The van der Waals surface area contributed by atoms with Crippen LogP contribution in [0.5, 0.6) is 0 Å². The van der Waals surface area contributed by atoms with Crippen molar-refractivity contribution in [3.63, 3.8) is 0 Å². The number of hydrogen-bond donors (Lipinski definition) is 3. The van der Waals surface area contributed by atoms with Crippen molar-refractivity contribution in [2.75, 3.05) is 0 Å². The molecule has 0 spiro atoms. The molecule has 0 bridgehead atoms. The van der Waals surface area contributed by atoms with E-state index in [1.807, 2.05) is 45.2 Å². The lowest BCUT2D eigenvalue weighted by Crippen LogP contribution is -2.37. The molecule has 3 aromatic heterocycles. The molecule has 1 amide bonds. The van der Waals surface area contributed by atoms with E-state index in [4.69, 9.17) is 14.9 Å². The van der Waals surface area contributed by atoms with Crippen LogP contribution in [0.15, 0.2) is 103 Å². The molecular formula is C38H38N6O2. The summed E-state index contributed by atoms with van der Waals surface area (Å²) in [4.78, 5) is 20.1. The third kappa shape index (κ3) is 6.11. The smallest absolute Gasteiger partial charge is 0.408 e. The van der Waals surface area contributed by atoms with Crippen LogP contribution in [0.1, 0.15) is 55.2 Å². The zero-order valence-corrected chi connectivity index (χ0v) is 26.4. The molecule has 46 heavy (non-hydrogen) atoms. The number of amides is 1. The second kappa shape index (κ2) is 12.2. The highest BCUT2D eigenvalue weighted by atomic mass is 16.6. The van der Waals surface area contributed by atoms with E-state index >= 15 is 0 Å². The molecule has 3 N–H and O–H groups in total. The summed E-state index contributed by atoms with van der Waals surface area (Å²) in [6.45, 7) is 6.17. The van der Waals surface area contributed by atoms with Gasteiger partial charge in [0.2, 0.25) is 0 Å². The zero-order valence-electron chi connectivity index (χ0n) is 26.4. The van der Waals surface area contributed by atoms with Gasteiger partial charge in [0.15, 0.2) is 5.82 Å². The van der Waals surface area contributed by atoms with Crippen LogP contribution in [0.2, 0.25) is 0 Å². The number of aryl methyl sites for hydroxylation is 2. The van der Waals surface area contributed by atoms with Crippen molar-refractivity contribution in [3.8, 4) is 0 Å². The van der Waals surface area contributed by atoms with Gasteiger partial charge in [0.05, 0.1) is 12.6 Å². The first kappa shape index (κ1) is 29.3. The maximum atomic E-state index is 13.3. The average Bonchev–Trinajstić information content (AvgIpc) is 3.76. The van der Waals surface area contributed by atoms with Crippen LogP contribution in [0.3, 0.4) is 0 Å². The van der Waals surface area contributed by atoms with Crippen molar-refractivity contribution in [3.05, 3.63) is 132 Å². The number of rotatable bonds is 9. The quantitative estimate of drug-likeness (QED) is 0.154. The molecule has 0 aliphatic carbocycles. The Morgan fingerprint density at radius 3 is 2.13 bits per heavy atom. The van der Waals surface area contributed by atoms with Gasteiger partial charge in [-0.15, -0.1) is 10.2 Å². The number of benzene rings is 4. The van der Waals surface area contributed by atoms with E-state index in [2.05, 4.69) is 98.8 Å². The van der Waals surface area contributed by atoms with E-state index in [1.54, 1.807) is 0 Å². The van der Waals surface area contributed by atoms with Crippen LogP contribution in [0, 0.1) is 0 Å². The van der Waals surface area contributed by atoms with Crippen LogP contribution >= 0.6 is 0 Å². The average molecular weight is 611 g/mol. The summed E-state index contributed by atoms with van der Waals surface area (Å²) in [5.41, 5.74) is 5.00. The van der Waals surface area contributed by atoms with E-state index in [1.165, 1.54) is 21.7 Å². The van der Waals surface area contributed by atoms with Crippen molar-refractivity contribution >= 4 is 38.7 Å². The third-order valence-electron chi connectivity index (χ3n) is 8.46. The molecule has 0 fully saturated rings. The third-order valence-corrected chi connectivity index (χ3v) is 8.46. The Hall–Kier alpha value is -5.37. The van der Waals surface area contributed by atoms with Gasteiger partial charge in [-0.2, -0.15) is 0 Å². The maximum absolute atomic E-state index is 13.3. The van der Waals surface area contributed by atoms with Gasteiger partial charge in [-0.25, -0.2) is 4.79 Å². The molecule has 1 atom stereocenters. The van der Waals surface area contributed by atoms with Crippen LogP contribution < -0.4 is 5.32 Å². The number of aromatic amines is 2. The molecule has 8 nitrogen and oxygen atoms in total. The van der Waals surface area contributed by atoms with Crippen molar-refractivity contribution in [2.45, 2.75) is 58.2 Å². The fourth-order valence-corrected chi connectivity index (χ4v) is 6.33. The lowest BCUT2D eigenvalue weighted by atomic mass is 10.0. The van der Waals surface area contributed by atoms with Gasteiger partial charge < -0.3 is 24.6 Å². The topological polar surface area (TPSA) is 101 Å². The van der Waals surface area contributed by atoms with Crippen LogP contribution in [0.4, 0.5) is 4.79 Å². The Kier molecular flexibility index (Phi) is 7.78. The summed E-state index contributed by atoms with van der Waals surface area (Å²) in [5.74, 6) is 1.56. The molecule has 8 heteroatoms. The number of H-pyrrole nitrogens is 2. The van der Waals surface area contributed by atoms with Gasteiger partial charge in [0, 0.05) is 47.0 Å². The second-order valence-electron chi connectivity index (χ2n) is 12.8. The summed E-state index contributed by atoms with van der Waals surface area (Å²) in [5, 5.41) is 17.4. The summed E-state index contributed by atoms with van der Waals surface area (Å²) in [7, 11) is 0. The highest BCUT2D eigenvalue weighted by Gasteiger charge is 2.27. The normalized spacial score (nSPS) is 12.6. The SMILES string of the molecule is CC(C)(C)OC(=O)NC(Cc1c[nH]c2ccccc12)c1nnc(CCc2c[nH]c3ccccc23)n1Cc1cccc2ccccc12. The Bertz CT molecular complexity index is 2140. The summed E-state index contributed by atoms with van der Waals surface area (Å²) in [6.07, 6.45) is 5.60. The van der Waals surface area contributed by atoms with Gasteiger partial charge in [-0.3, -0.25) is 0 Å². The summed E-state index contributed by atoms with van der Waals surface area (Å²) >= 11 is 0. The number of para-hydroxylation sites is 2. The Morgan fingerprint density at radius 1 is 0.761 bits per heavy atom. The van der Waals surface area contributed by atoms with Crippen LogP contribution in [-0.4, -0.2) is 36.4 Å². The molecule has 3 heterocycles. The number of fused-ring (bicyclic) bond motifs is 3. The molecule has 1 unspecified atom stereocenters. The first-order chi connectivity index (χ1) is 22.3. The fraction of sp³-hybridized carbons (Fsp3) is 0.237. The first-order valence-corrected chi connectivity index (χ1v) is 15.8. The van der Waals surface area contributed by atoms with Crippen molar-refractivity contribution < 1.29 is 9.53 Å². The van der Waals surface area contributed by atoms with E-state index < -0.39 is 17.7 Å². The number of nitrogens with zero attached hydrogens (tertiary/aromatic N) is 3. The molecule has 7 rings (SSSR count). The van der Waals surface area contributed by atoms with Crippen LogP contribution in [0.25, 0.3) is 32.6 Å². The predicted octanol–water partition coefficient (Wildman–Crippen LogP) is 8.04. The number of nitrogens with one attached hydrogen (secondary N) is 3. The number of hydrogen-bond acceptors (Lipinski definition) is 4. The number of carbonyl (C=O) groups excluding carboxylic acids is 1. The van der Waals surface area contributed by atoms with E-state index in [9.17, 15) is 4.79 Å². The molecule has 232 valence electrons. The maximum Gasteiger partial charge on any atom is 0.408 e. The lowest BCUT2D eigenvalue weighted by molar-refractivity contribution is 0.0500. The van der Waals surface area contributed by atoms with Crippen molar-refractivity contribution in [2.24, 2.45) is 0 Å². The van der Waals surface area contributed by atoms with Gasteiger partial charge in [-0.1, -0.05) is 78.9 Å². The first-order valence-electron chi connectivity index (χ1n) is 15.8. The van der Waals surface area contributed by atoms with E-state index in [-0.39, 0.29) is 0 Å². The van der Waals surface area contributed by atoms with Gasteiger partial charge >= 0.3 is 6.09 Å². The Morgan fingerprint density at radius 2 is 1.39 bits per heavy atom. The minimum Gasteiger partial charge on any atom is -0.444 e. The molecule has 0 radical (unpaired) electrons. The lowest BCUT2D eigenvalue weighted by Gasteiger charge is -2.24. The molecule has 4 aromatic carbocycles. The zero-order chi connectivity index (χ0) is 31.7. The molecule has 0 saturated carbocycles. The summed E-state index contributed by atoms with van der Waals surface area (Å²) < 4.78 is 7.93.